The summed E-state index contributed by atoms with van der Waals surface area (Å²) in [7, 11) is 1.71. The maximum Gasteiger partial charge on any atom is 0.122 e. The van der Waals surface area contributed by atoms with Gasteiger partial charge >= 0.3 is 0 Å². The molecular weight excluding hydrogens is 288 g/mol. The summed E-state index contributed by atoms with van der Waals surface area (Å²) in [5.74, 6) is 1.94. The minimum atomic E-state index is 0.302. The Morgan fingerprint density at radius 2 is 1.87 bits per heavy atom. The molecule has 0 bridgehead atoms. The molecule has 0 amide bonds. The van der Waals surface area contributed by atoms with E-state index in [4.69, 9.17) is 14.2 Å². The summed E-state index contributed by atoms with van der Waals surface area (Å²) in [4.78, 5) is 0. The molecule has 23 heavy (non-hydrogen) atoms. The largest absolute Gasteiger partial charge is 0.497 e. The van der Waals surface area contributed by atoms with Crippen LogP contribution in [0.15, 0.2) is 48.5 Å². The van der Waals surface area contributed by atoms with E-state index in [0.717, 1.165) is 43.8 Å². The minimum Gasteiger partial charge on any atom is -0.497 e. The van der Waals surface area contributed by atoms with Gasteiger partial charge in [-0.1, -0.05) is 30.3 Å². The van der Waals surface area contributed by atoms with Crippen molar-refractivity contribution in [3.8, 4) is 11.5 Å². The number of epoxide rings is 1. The molecule has 3 rings (SSSR count). The zero-order chi connectivity index (χ0) is 15.9. The van der Waals surface area contributed by atoms with Crippen molar-refractivity contribution in [2.75, 3.05) is 20.3 Å². The normalized spacial score (nSPS) is 16.1. The number of methoxy groups -OCH3 is 1. The minimum absolute atomic E-state index is 0.302. The number of unbranched alkanes of at least 4 members (excludes halogenated alkanes) is 1. The topological polar surface area (TPSA) is 31.0 Å². The van der Waals surface area contributed by atoms with Crippen LogP contribution in [0.5, 0.6) is 11.5 Å². The first-order valence-electron chi connectivity index (χ1n) is 8.30. The molecule has 1 aliphatic heterocycles. The molecule has 122 valence electrons. The summed E-state index contributed by atoms with van der Waals surface area (Å²) in [6.07, 6.45) is 4.74. The van der Waals surface area contributed by atoms with Crippen LogP contribution < -0.4 is 9.47 Å². The smallest absolute Gasteiger partial charge is 0.122 e. The van der Waals surface area contributed by atoms with Gasteiger partial charge in [0.25, 0.3) is 0 Å². The number of aryl methyl sites for hydroxylation is 2. The Bertz CT molecular complexity index is 620. The van der Waals surface area contributed by atoms with Crippen LogP contribution in [0.4, 0.5) is 0 Å². The van der Waals surface area contributed by atoms with Gasteiger partial charge in [-0.15, -0.1) is 0 Å². The van der Waals surface area contributed by atoms with Crippen molar-refractivity contribution in [2.24, 2.45) is 0 Å². The Balaban J connectivity index is 1.46. The van der Waals surface area contributed by atoms with E-state index in [0.29, 0.717) is 12.7 Å². The van der Waals surface area contributed by atoms with Crippen molar-refractivity contribution < 1.29 is 14.2 Å². The molecule has 0 N–H and O–H groups in total. The van der Waals surface area contributed by atoms with Crippen molar-refractivity contribution >= 4 is 0 Å². The Morgan fingerprint density at radius 1 is 1.04 bits per heavy atom. The second kappa shape index (κ2) is 8.02. The van der Waals surface area contributed by atoms with E-state index >= 15 is 0 Å². The van der Waals surface area contributed by atoms with Crippen LogP contribution in [0.3, 0.4) is 0 Å². The van der Waals surface area contributed by atoms with E-state index in [1.165, 1.54) is 11.1 Å². The third kappa shape index (κ3) is 5.00. The molecule has 0 aromatic heterocycles. The predicted octanol–water partition coefficient (Wildman–Crippen LogP) is 4.04. The number of ether oxygens (including phenoxy) is 3. The molecule has 2 aromatic carbocycles. The van der Waals surface area contributed by atoms with Crippen LogP contribution in [-0.2, 0) is 17.6 Å². The van der Waals surface area contributed by atoms with Gasteiger partial charge in [0.2, 0.25) is 0 Å². The monoisotopic (exact) mass is 312 g/mol. The summed E-state index contributed by atoms with van der Waals surface area (Å²) in [6.45, 7) is 1.50. The van der Waals surface area contributed by atoms with Crippen LogP contribution >= 0.6 is 0 Å². The molecule has 2 aromatic rings. The molecule has 1 atom stereocenters. The van der Waals surface area contributed by atoms with Gasteiger partial charge in [0.1, 0.15) is 24.2 Å². The van der Waals surface area contributed by atoms with Crippen molar-refractivity contribution in [1.82, 2.24) is 0 Å². The van der Waals surface area contributed by atoms with Crippen molar-refractivity contribution in [2.45, 2.75) is 31.8 Å². The zero-order valence-corrected chi connectivity index (χ0v) is 13.7. The van der Waals surface area contributed by atoms with Gasteiger partial charge in [0, 0.05) is 0 Å². The highest BCUT2D eigenvalue weighted by atomic mass is 16.6. The third-order valence-electron chi connectivity index (χ3n) is 4.10. The van der Waals surface area contributed by atoms with Crippen molar-refractivity contribution in [3.63, 3.8) is 0 Å². The molecule has 1 fully saturated rings. The maximum atomic E-state index is 5.87. The quantitative estimate of drug-likeness (QED) is 0.517. The average molecular weight is 312 g/mol. The molecule has 1 aliphatic rings. The van der Waals surface area contributed by atoms with Crippen LogP contribution in [0.2, 0.25) is 0 Å². The summed E-state index contributed by atoms with van der Waals surface area (Å²) < 4.78 is 16.3. The van der Waals surface area contributed by atoms with E-state index in [9.17, 15) is 0 Å². The zero-order valence-electron chi connectivity index (χ0n) is 13.7. The van der Waals surface area contributed by atoms with Crippen molar-refractivity contribution in [3.05, 3.63) is 59.7 Å². The van der Waals surface area contributed by atoms with Gasteiger partial charge in [-0.25, -0.2) is 0 Å². The van der Waals surface area contributed by atoms with Gasteiger partial charge in [-0.05, 0) is 55.0 Å². The fourth-order valence-electron chi connectivity index (χ4n) is 2.67. The first kappa shape index (κ1) is 15.9. The first-order chi connectivity index (χ1) is 11.3. The van der Waals surface area contributed by atoms with Gasteiger partial charge in [0.05, 0.1) is 13.7 Å². The molecule has 3 nitrogen and oxygen atoms in total. The second-order valence-electron chi connectivity index (χ2n) is 5.93. The van der Waals surface area contributed by atoms with Gasteiger partial charge in [-0.3, -0.25) is 0 Å². The molecule has 1 saturated heterocycles. The molecule has 1 heterocycles. The lowest BCUT2D eigenvalue weighted by Gasteiger charge is -2.10. The molecule has 1 unspecified atom stereocenters. The standard InChI is InChI=1S/C20H24O3/c1-21-18-11-6-8-16(13-18)7-2-3-9-17-10-4-5-12-20(17)23-15-19-14-22-19/h4-6,8,10-13,19H,2-3,7,9,14-15H2,1H3. The Kier molecular flexibility index (Phi) is 5.54. The molecule has 0 saturated carbocycles. The molecular formula is C20H24O3. The van der Waals surface area contributed by atoms with Crippen LogP contribution in [0, 0.1) is 0 Å². The number of hydrogen-bond acceptors (Lipinski definition) is 3. The number of hydrogen-bond donors (Lipinski definition) is 0. The van der Waals surface area contributed by atoms with E-state index in [1.54, 1.807) is 7.11 Å². The predicted molar refractivity (Wildman–Crippen MR) is 91.3 cm³/mol. The van der Waals surface area contributed by atoms with Crippen LogP contribution in [0.1, 0.15) is 24.0 Å². The Morgan fingerprint density at radius 3 is 2.70 bits per heavy atom. The fraction of sp³-hybridized carbons (Fsp3) is 0.400. The number of rotatable bonds is 9. The lowest BCUT2D eigenvalue weighted by molar-refractivity contribution is 0.261. The molecule has 0 aliphatic carbocycles. The lowest BCUT2D eigenvalue weighted by atomic mass is 10.0. The summed E-state index contributed by atoms with van der Waals surface area (Å²) in [5.41, 5.74) is 2.62. The summed E-state index contributed by atoms with van der Waals surface area (Å²) >= 11 is 0. The highest BCUT2D eigenvalue weighted by Gasteiger charge is 2.23. The van der Waals surface area contributed by atoms with E-state index in [2.05, 4.69) is 36.4 Å². The van der Waals surface area contributed by atoms with Crippen LogP contribution in [-0.4, -0.2) is 26.4 Å². The third-order valence-corrected chi connectivity index (χ3v) is 4.10. The van der Waals surface area contributed by atoms with E-state index in [-0.39, 0.29) is 0 Å². The maximum absolute atomic E-state index is 5.87. The van der Waals surface area contributed by atoms with E-state index in [1.807, 2.05) is 12.1 Å². The number of para-hydroxylation sites is 1. The lowest BCUT2D eigenvalue weighted by Crippen LogP contribution is -2.05. The highest BCUT2D eigenvalue weighted by molar-refractivity contribution is 5.33. The van der Waals surface area contributed by atoms with Gasteiger partial charge in [0.15, 0.2) is 0 Å². The first-order valence-corrected chi connectivity index (χ1v) is 8.30. The van der Waals surface area contributed by atoms with Crippen LogP contribution in [0.25, 0.3) is 0 Å². The molecule has 3 heteroatoms. The molecule has 0 radical (unpaired) electrons. The summed E-state index contributed by atoms with van der Waals surface area (Å²) in [5, 5.41) is 0. The summed E-state index contributed by atoms with van der Waals surface area (Å²) in [6, 6.07) is 16.6. The SMILES string of the molecule is COc1cccc(CCCCc2ccccc2OCC2CO2)c1. The van der Waals surface area contributed by atoms with Crippen molar-refractivity contribution in [1.29, 1.82) is 0 Å². The Labute approximate surface area is 138 Å². The van der Waals surface area contributed by atoms with Gasteiger partial charge in [-0.2, -0.15) is 0 Å². The number of benzene rings is 2. The van der Waals surface area contributed by atoms with Gasteiger partial charge < -0.3 is 14.2 Å². The second-order valence-corrected chi connectivity index (χ2v) is 5.93. The Hall–Kier alpha value is -2.00. The average Bonchev–Trinajstić information content (AvgIpc) is 3.42. The fourth-order valence-corrected chi connectivity index (χ4v) is 2.67. The highest BCUT2D eigenvalue weighted by Crippen LogP contribution is 2.22. The van der Waals surface area contributed by atoms with E-state index < -0.39 is 0 Å². The molecule has 0 spiro atoms.